The Bertz CT molecular complexity index is 433. The number of nitrogens with one attached hydrogen (secondary N) is 2. The molecule has 1 aromatic carbocycles. The van der Waals surface area contributed by atoms with E-state index in [9.17, 15) is 4.79 Å². The van der Waals surface area contributed by atoms with E-state index in [1.807, 2.05) is 12.1 Å². The molecule has 1 heterocycles. The Balaban J connectivity index is 2.02. The molecule has 1 aliphatic rings. The standard InChI is InChI=1S/C17H26N2O/c1-3-5-14-6-8-15(9-7-14)19-16(20)17(10-4-2)11-12-18-13-17/h6-9,18H,3-5,10-13H2,1-2H3,(H,19,20). The van der Waals surface area contributed by atoms with Crippen LogP contribution in [0, 0.1) is 5.41 Å². The molecule has 20 heavy (non-hydrogen) atoms. The SMILES string of the molecule is CCCc1ccc(NC(=O)C2(CCC)CCNC2)cc1. The van der Waals surface area contributed by atoms with Gasteiger partial charge in [0.25, 0.3) is 0 Å². The van der Waals surface area contributed by atoms with E-state index in [0.717, 1.165) is 50.9 Å². The molecule has 2 rings (SSSR count). The number of carbonyl (C=O) groups is 1. The van der Waals surface area contributed by atoms with E-state index in [2.05, 4.69) is 36.6 Å². The first-order chi connectivity index (χ1) is 9.70. The van der Waals surface area contributed by atoms with Crippen LogP contribution in [0.2, 0.25) is 0 Å². The van der Waals surface area contributed by atoms with Crippen molar-refractivity contribution >= 4 is 11.6 Å². The molecule has 1 aliphatic heterocycles. The minimum Gasteiger partial charge on any atom is -0.326 e. The number of hydrogen-bond donors (Lipinski definition) is 2. The molecule has 0 bridgehead atoms. The Labute approximate surface area is 122 Å². The van der Waals surface area contributed by atoms with Crippen LogP contribution in [0.25, 0.3) is 0 Å². The Morgan fingerprint density at radius 2 is 2.00 bits per heavy atom. The summed E-state index contributed by atoms with van der Waals surface area (Å²) in [6.07, 6.45) is 5.19. The molecule has 3 nitrogen and oxygen atoms in total. The van der Waals surface area contributed by atoms with Crippen LogP contribution in [-0.2, 0) is 11.2 Å². The van der Waals surface area contributed by atoms with Crippen molar-refractivity contribution in [2.75, 3.05) is 18.4 Å². The minimum atomic E-state index is -0.211. The zero-order valence-corrected chi connectivity index (χ0v) is 12.7. The average molecular weight is 274 g/mol. The van der Waals surface area contributed by atoms with E-state index >= 15 is 0 Å². The molecule has 1 atom stereocenters. The van der Waals surface area contributed by atoms with Gasteiger partial charge in [-0.05, 0) is 43.5 Å². The van der Waals surface area contributed by atoms with Gasteiger partial charge in [-0.3, -0.25) is 4.79 Å². The largest absolute Gasteiger partial charge is 0.326 e. The lowest BCUT2D eigenvalue weighted by molar-refractivity contribution is -0.125. The maximum atomic E-state index is 12.6. The van der Waals surface area contributed by atoms with E-state index in [-0.39, 0.29) is 11.3 Å². The van der Waals surface area contributed by atoms with Crippen LogP contribution < -0.4 is 10.6 Å². The fourth-order valence-electron chi connectivity index (χ4n) is 3.05. The van der Waals surface area contributed by atoms with Crippen LogP contribution in [0.3, 0.4) is 0 Å². The summed E-state index contributed by atoms with van der Waals surface area (Å²) in [5, 5.41) is 6.43. The first kappa shape index (κ1) is 15.0. The van der Waals surface area contributed by atoms with Gasteiger partial charge in [0.05, 0.1) is 5.41 Å². The Morgan fingerprint density at radius 3 is 2.55 bits per heavy atom. The van der Waals surface area contributed by atoms with Gasteiger partial charge >= 0.3 is 0 Å². The van der Waals surface area contributed by atoms with Gasteiger partial charge in [0.1, 0.15) is 0 Å². The summed E-state index contributed by atoms with van der Waals surface area (Å²) in [4.78, 5) is 12.6. The summed E-state index contributed by atoms with van der Waals surface area (Å²) in [7, 11) is 0. The van der Waals surface area contributed by atoms with Crippen molar-refractivity contribution in [1.82, 2.24) is 5.32 Å². The molecule has 1 unspecified atom stereocenters. The number of aryl methyl sites for hydroxylation is 1. The number of rotatable bonds is 6. The molecular weight excluding hydrogens is 248 g/mol. The molecule has 1 fully saturated rings. The van der Waals surface area contributed by atoms with E-state index in [1.165, 1.54) is 5.56 Å². The molecule has 1 amide bonds. The molecule has 0 aliphatic carbocycles. The summed E-state index contributed by atoms with van der Waals surface area (Å²) < 4.78 is 0. The summed E-state index contributed by atoms with van der Waals surface area (Å²) in [5.41, 5.74) is 2.03. The lowest BCUT2D eigenvalue weighted by Gasteiger charge is -2.26. The molecule has 3 heteroatoms. The third-order valence-electron chi connectivity index (χ3n) is 4.20. The highest BCUT2D eigenvalue weighted by Crippen LogP contribution is 2.32. The van der Waals surface area contributed by atoms with Gasteiger partial charge in [-0.2, -0.15) is 0 Å². The second-order valence-electron chi connectivity index (χ2n) is 5.86. The number of benzene rings is 1. The predicted molar refractivity (Wildman–Crippen MR) is 83.9 cm³/mol. The summed E-state index contributed by atoms with van der Waals surface area (Å²) in [6.45, 7) is 6.08. The van der Waals surface area contributed by atoms with Gasteiger partial charge in [0, 0.05) is 12.2 Å². The monoisotopic (exact) mass is 274 g/mol. The van der Waals surface area contributed by atoms with Crippen LogP contribution >= 0.6 is 0 Å². The highest BCUT2D eigenvalue weighted by molar-refractivity contribution is 5.95. The average Bonchev–Trinajstić information content (AvgIpc) is 2.92. The van der Waals surface area contributed by atoms with E-state index in [1.54, 1.807) is 0 Å². The third-order valence-corrected chi connectivity index (χ3v) is 4.20. The number of carbonyl (C=O) groups excluding carboxylic acids is 1. The zero-order valence-electron chi connectivity index (χ0n) is 12.7. The van der Waals surface area contributed by atoms with Gasteiger partial charge in [-0.15, -0.1) is 0 Å². The second-order valence-corrected chi connectivity index (χ2v) is 5.86. The quantitative estimate of drug-likeness (QED) is 0.835. The van der Waals surface area contributed by atoms with E-state index < -0.39 is 0 Å². The molecule has 2 N–H and O–H groups in total. The molecule has 0 aromatic heterocycles. The molecular formula is C17H26N2O. The lowest BCUT2D eigenvalue weighted by Crippen LogP contribution is -2.38. The Kier molecular flexibility index (Phi) is 5.18. The number of amides is 1. The van der Waals surface area contributed by atoms with Gasteiger partial charge in [-0.25, -0.2) is 0 Å². The normalized spacial score (nSPS) is 21.9. The van der Waals surface area contributed by atoms with Gasteiger partial charge in [0.2, 0.25) is 5.91 Å². The molecule has 1 saturated heterocycles. The fraction of sp³-hybridized carbons (Fsp3) is 0.588. The van der Waals surface area contributed by atoms with Crippen molar-refractivity contribution in [2.24, 2.45) is 5.41 Å². The van der Waals surface area contributed by atoms with Crippen molar-refractivity contribution in [3.8, 4) is 0 Å². The van der Waals surface area contributed by atoms with E-state index in [0.29, 0.717) is 0 Å². The Morgan fingerprint density at radius 1 is 1.25 bits per heavy atom. The predicted octanol–water partition coefficient (Wildman–Crippen LogP) is 3.36. The van der Waals surface area contributed by atoms with Crippen molar-refractivity contribution in [1.29, 1.82) is 0 Å². The Hall–Kier alpha value is -1.35. The highest BCUT2D eigenvalue weighted by atomic mass is 16.2. The van der Waals surface area contributed by atoms with Crippen molar-refractivity contribution < 1.29 is 4.79 Å². The topological polar surface area (TPSA) is 41.1 Å². The smallest absolute Gasteiger partial charge is 0.231 e. The first-order valence-corrected chi connectivity index (χ1v) is 7.81. The van der Waals surface area contributed by atoms with Crippen molar-refractivity contribution in [3.63, 3.8) is 0 Å². The molecule has 110 valence electrons. The highest BCUT2D eigenvalue weighted by Gasteiger charge is 2.40. The summed E-state index contributed by atoms with van der Waals surface area (Å²) >= 11 is 0. The second kappa shape index (κ2) is 6.89. The summed E-state index contributed by atoms with van der Waals surface area (Å²) in [6, 6.07) is 8.26. The van der Waals surface area contributed by atoms with Crippen LogP contribution in [0.5, 0.6) is 0 Å². The van der Waals surface area contributed by atoms with Gasteiger partial charge in [0.15, 0.2) is 0 Å². The third kappa shape index (κ3) is 3.40. The number of hydrogen-bond acceptors (Lipinski definition) is 2. The van der Waals surface area contributed by atoms with E-state index in [4.69, 9.17) is 0 Å². The van der Waals surface area contributed by atoms with Crippen LogP contribution in [0.4, 0.5) is 5.69 Å². The van der Waals surface area contributed by atoms with Crippen LogP contribution in [0.15, 0.2) is 24.3 Å². The maximum absolute atomic E-state index is 12.6. The summed E-state index contributed by atoms with van der Waals surface area (Å²) in [5.74, 6) is 0.174. The maximum Gasteiger partial charge on any atom is 0.231 e. The first-order valence-electron chi connectivity index (χ1n) is 7.81. The minimum absolute atomic E-state index is 0.174. The van der Waals surface area contributed by atoms with Gasteiger partial charge in [-0.1, -0.05) is 38.8 Å². The number of anilines is 1. The van der Waals surface area contributed by atoms with Crippen LogP contribution in [-0.4, -0.2) is 19.0 Å². The van der Waals surface area contributed by atoms with Crippen molar-refractivity contribution in [3.05, 3.63) is 29.8 Å². The fourth-order valence-corrected chi connectivity index (χ4v) is 3.05. The molecule has 0 radical (unpaired) electrons. The molecule has 1 aromatic rings. The van der Waals surface area contributed by atoms with Crippen LogP contribution in [0.1, 0.15) is 45.1 Å². The molecule has 0 saturated carbocycles. The van der Waals surface area contributed by atoms with Crippen molar-refractivity contribution in [2.45, 2.75) is 46.0 Å². The lowest BCUT2D eigenvalue weighted by atomic mass is 9.81. The van der Waals surface area contributed by atoms with Gasteiger partial charge < -0.3 is 10.6 Å². The molecule has 0 spiro atoms. The zero-order chi connectivity index (χ0) is 14.4.